The number of methoxy groups -OCH3 is 1. The van der Waals surface area contributed by atoms with Crippen molar-refractivity contribution in [2.45, 2.75) is 13.5 Å². The summed E-state index contributed by atoms with van der Waals surface area (Å²) in [7, 11) is 1.66. The molecule has 0 aliphatic carbocycles. The molecule has 2 rings (SSSR count). The molecule has 0 bridgehead atoms. The van der Waals surface area contributed by atoms with Crippen LogP contribution in [0.2, 0.25) is 0 Å². The fourth-order valence-corrected chi connectivity index (χ4v) is 2.21. The topological polar surface area (TPSA) is 34.1 Å². The van der Waals surface area contributed by atoms with Gasteiger partial charge in [-0.2, -0.15) is 0 Å². The highest BCUT2D eigenvalue weighted by atomic mass is 79.9. The summed E-state index contributed by atoms with van der Waals surface area (Å²) in [6.07, 6.45) is 1.81. The molecule has 2 aromatic rings. The largest absolute Gasteiger partial charge is 0.496 e. The van der Waals surface area contributed by atoms with Crippen LogP contribution < -0.4 is 10.1 Å². The number of anilines is 1. The number of halogens is 1. The molecule has 0 aliphatic rings. The van der Waals surface area contributed by atoms with Gasteiger partial charge in [-0.1, -0.05) is 6.07 Å². The zero-order valence-electron chi connectivity index (χ0n) is 10.4. The molecular formula is C14H15BrN2O. The van der Waals surface area contributed by atoms with Crippen LogP contribution in [0.15, 0.2) is 41.0 Å². The Labute approximate surface area is 115 Å². The maximum atomic E-state index is 5.19. The van der Waals surface area contributed by atoms with Gasteiger partial charge >= 0.3 is 0 Å². The zero-order chi connectivity index (χ0) is 13.0. The van der Waals surface area contributed by atoms with Crippen LogP contribution in [0.3, 0.4) is 0 Å². The predicted octanol–water partition coefficient (Wildman–Crippen LogP) is 3.77. The molecule has 1 aromatic heterocycles. The van der Waals surface area contributed by atoms with E-state index in [9.17, 15) is 0 Å². The van der Waals surface area contributed by atoms with Gasteiger partial charge in [0.2, 0.25) is 0 Å². The first kappa shape index (κ1) is 12.9. The smallest absolute Gasteiger partial charge is 0.133 e. The van der Waals surface area contributed by atoms with E-state index in [1.807, 2.05) is 30.5 Å². The molecule has 1 aromatic carbocycles. The Bertz CT molecular complexity index is 543. The Morgan fingerprint density at radius 1 is 1.33 bits per heavy atom. The van der Waals surface area contributed by atoms with Crippen LogP contribution in [0.5, 0.6) is 5.75 Å². The van der Waals surface area contributed by atoms with Gasteiger partial charge in [-0.3, -0.25) is 4.98 Å². The molecular weight excluding hydrogens is 292 g/mol. The average Bonchev–Trinajstić information content (AvgIpc) is 2.38. The number of hydrogen-bond donors (Lipinski definition) is 1. The normalized spacial score (nSPS) is 10.2. The lowest BCUT2D eigenvalue weighted by Crippen LogP contribution is -2.03. The second kappa shape index (κ2) is 5.87. The van der Waals surface area contributed by atoms with Crippen molar-refractivity contribution in [1.29, 1.82) is 0 Å². The molecule has 0 atom stereocenters. The van der Waals surface area contributed by atoms with Gasteiger partial charge in [-0.15, -0.1) is 0 Å². The minimum absolute atomic E-state index is 0.714. The molecule has 0 saturated carbocycles. The number of aryl methyl sites for hydroxylation is 1. The van der Waals surface area contributed by atoms with Gasteiger partial charge < -0.3 is 10.1 Å². The van der Waals surface area contributed by atoms with E-state index in [1.165, 1.54) is 5.56 Å². The van der Waals surface area contributed by atoms with E-state index >= 15 is 0 Å². The minimum atomic E-state index is 0.714. The Kier molecular flexibility index (Phi) is 4.20. The van der Waals surface area contributed by atoms with Gasteiger partial charge in [-0.05, 0) is 52.7 Å². The summed E-state index contributed by atoms with van der Waals surface area (Å²) in [4.78, 5) is 4.35. The Balaban J connectivity index is 2.07. The van der Waals surface area contributed by atoms with Gasteiger partial charge in [0.1, 0.15) is 5.75 Å². The van der Waals surface area contributed by atoms with E-state index in [1.54, 1.807) is 7.11 Å². The zero-order valence-corrected chi connectivity index (χ0v) is 12.0. The minimum Gasteiger partial charge on any atom is -0.496 e. The molecule has 0 spiro atoms. The van der Waals surface area contributed by atoms with Crippen LogP contribution >= 0.6 is 15.9 Å². The number of ether oxygens (including phenoxy) is 1. The fourth-order valence-electron chi connectivity index (χ4n) is 1.67. The molecule has 0 unspecified atom stereocenters. The van der Waals surface area contributed by atoms with Gasteiger partial charge in [0.15, 0.2) is 0 Å². The molecule has 94 valence electrons. The number of hydrogen-bond acceptors (Lipinski definition) is 3. The van der Waals surface area contributed by atoms with Crippen molar-refractivity contribution in [2.24, 2.45) is 0 Å². The maximum absolute atomic E-state index is 5.19. The molecule has 0 saturated heterocycles. The van der Waals surface area contributed by atoms with Crippen molar-refractivity contribution in [1.82, 2.24) is 4.98 Å². The second-order valence-electron chi connectivity index (χ2n) is 3.97. The third-order valence-electron chi connectivity index (χ3n) is 2.73. The van der Waals surface area contributed by atoms with Crippen LogP contribution in [0, 0.1) is 6.92 Å². The van der Waals surface area contributed by atoms with Crippen molar-refractivity contribution in [3.63, 3.8) is 0 Å². The summed E-state index contributed by atoms with van der Waals surface area (Å²) >= 11 is 3.47. The maximum Gasteiger partial charge on any atom is 0.133 e. The molecule has 0 aliphatic heterocycles. The number of nitrogens with zero attached hydrogens (tertiary/aromatic N) is 1. The molecule has 18 heavy (non-hydrogen) atoms. The predicted molar refractivity (Wildman–Crippen MR) is 77.0 cm³/mol. The van der Waals surface area contributed by atoms with Crippen LogP contribution in [0.4, 0.5) is 5.69 Å². The first-order chi connectivity index (χ1) is 8.70. The first-order valence-electron chi connectivity index (χ1n) is 5.68. The van der Waals surface area contributed by atoms with E-state index in [0.717, 1.165) is 21.6 Å². The lowest BCUT2D eigenvalue weighted by atomic mass is 10.2. The second-order valence-corrected chi connectivity index (χ2v) is 4.82. The SMILES string of the molecule is COc1ccc(NCc2ncccc2C)cc1Br. The molecule has 1 N–H and O–H groups in total. The summed E-state index contributed by atoms with van der Waals surface area (Å²) in [6, 6.07) is 9.92. The molecule has 4 heteroatoms. The Morgan fingerprint density at radius 3 is 2.83 bits per heavy atom. The van der Waals surface area contributed by atoms with E-state index in [0.29, 0.717) is 6.54 Å². The van der Waals surface area contributed by atoms with Crippen molar-refractivity contribution in [2.75, 3.05) is 12.4 Å². The fraction of sp³-hybridized carbons (Fsp3) is 0.214. The van der Waals surface area contributed by atoms with Crippen LogP contribution in [0.1, 0.15) is 11.3 Å². The molecule has 1 heterocycles. The number of benzene rings is 1. The van der Waals surface area contributed by atoms with Gasteiger partial charge in [0.25, 0.3) is 0 Å². The number of rotatable bonds is 4. The Morgan fingerprint density at radius 2 is 2.17 bits per heavy atom. The number of aromatic nitrogens is 1. The number of pyridine rings is 1. The quantitative estimate of drug-likeness (QED) is 0.933. The standard InChI is InChI=1S/C14H15BrN2O/c1-10-4-3-7-16-13(10)9-17-11-5-6-14(18-2)12(15)8-11/h3-8,17H,9H2,1-2H3. The highest BCUT2D eigenvalue weighted by Gasteiger charge is 2.02. The molecule has 3 nitrogen and oxygen atoms in total. The lowest BCUT2D eigenvalue weighted by Gasteiger charge is -2.10. The molecule has 0 radical (unpaired) electrons. The molecule has 0 amide bonds. The molecule has 0 fully saturated rings. The van der Waals surface area contributed by atoms with Gasteiger partial charge in [0.05, 0.1) is 23.8 Å². The van der Waals surface area contributed by atoms with Crippen LogP contribution in [0.25, 0.3) is 0 Å². The van der Waals surface area contributed by atoms with Gasteiger partial charge in [-0.25, -0.2) is 0 Å². The lowest BCUT2D eigenvalue weighted by molar-refractivity contribution is 0.412. The van der Waals surface area contributed by atoms with Crippen molar-refractivity contribution >= 4 is 21.6 Å². The first-order valence-corrected chi connectivity index (χ1v) is 6.48. The van der Waals surface area contributed by atoms with Crippen LogP contribution in [-0.2, 0) is 6.54 Å². The average molecular weight is 307 g/mol. The monoisotopic (exact) mass is 306 g/mol. The summed E-state index contributed by atoms with van der Waals surface area (Å²) in [5.74, 6) is 0.828. The summed E-state index contributed by atoms with van der Waals surface area (Å²) < 4.78 is 6.13. The summed E-state index contributed by atoms with van der Waals surface area (Å²) in [5, 5.41) is 3.35. The number of nitrogens with one attached hydrogen (secondary N) is 1. The summed E-state index contributed by atoms with van der Waals surface area (Å²) in [5.41, 5.74) is 3.29. The van der Waals surface area contributed by atoms with E-state index in [4.69, 9.17) is 4.74 Å². The van der Waals surface area contributed by atoms with Gasteiger partial charge in [0, 0.05) is 11.9 Å². The third kappa shape index (κ3) is 3.01. The van der Waals surface area contributed by atoms with Crippen LogP contribution in [-0.4, -0.2) is 12.1 Å². The highest BCUT2D eigenvalue weighted by Crippen LogP contribution is 2.27. The van der Waals surface area contributed by atoms with Crippen molar-refractivity contribution in [3.8, 4) is 5.75 Å². The van der Waals surface area contributed by atoms with E-state index in [2.05, 4.69) is 39.2 Å². The summed E-state index contributed by atoms with van der Waals surface area (Å²) in [6.45, 7) is 2.78. The Hall–Kier alpha value is -1.55. The van der Waals surface area contributed by atoms with Crippen molar-refractivity contribution < 1.29 is 4.74 Å². The van der Waals surface area contributed by atoms with Crippen molar-refractivity contribution in [3.05, 3.63) is 52.3 Å². The highest BCUT2D eigenvalue weighted by molar-refractivity contribution is 9.10. The van der Waals surface area contributed by atoms with E-state index in [-0.39, 0.29) is 0 Å². The van der Waals surface area contributed by atoms with E-state index < -0.39 is 0 Å². The third-order valence-corrected chi connectivity index (χ3v) is 3.35.